The maximum absolute atomic E-state index is 11.2. The standard InChI is InChI=1S/C9H9N5O2/c1-16-9(15)7-3-11-4-8(13-7)14-5-6(10)2-12-14/h2-5H,10H2,1H3. The van der Waals surface area contributed by atoms with E-state index in [-0.39, 0.29) is 5.69 Å². The number of rotatable bonds is 2. The normalized spacial score (nSPS) is 10.1. The molecule has 0 amide bonds. The third-order valence-corrected chi connectivity index (χ3v) is 1.85. The number of anilines is 1. The Morgan fingerprint density at radius 2 is 2.25 bits per heavy atom. The van der Waals surface area contributed by atoms with Crippen LogP contribution < -0.4 is 5.73 Å². The molecule has 0 saturated heterocycles. The molecule has 2 rings (SSSR count). The van der Waals surface area contributed by atoms with Gasteiger partial charge in [-0.15, -0.1) is 0 Å². The van der Waals surface area contributed by atoms with E-state index in [0.29, 0.717) is 11.5 Å². The number of carbonyl (C=O) groups excluding carboxylic acids is 1. The van der Waals surface area contributed by atoms with Crippen molar-refractivity contribution in [2.24, 2.45) is 0 Å². The van der Waals surface area contributed by atoms with Crippen molar-refractivity contribution in [3.05, 3.63) is 30.5 Å². The highest BCUT2D eigenvalue weighted by Gasteiger charge is 2.09. The Morgan fingerprint density at radius 3 is 2.88 bits per heavy atom. The molecule has 7 heteroatoms. The highest BCUT2D eigenvalue weighted by molar-refractivity contribution is 5.86. The second kappa shape index (κ2) is 3.97. The van der Waals surface area contributed by atoms with Crippen LogP contribution in [0.4, 0.5) is 5.69 Å². The molecule has 0 aliphatic heterocycles. The largest absolute Gasteiger partial charge is 0.464 e. The summed E-state index contributed by atoms with van der Waals surface area (Å²) in [7, 11) is 1.28. The fourth-order valence-corrected chi connectivity index (χ4v) is 1.13. The van der Waals surface area contributed by atoms with Gasteiger partial charge in [-0.2, -0.15) is 5.10 Å². The van der Waals surface area contributed by atoms with Gasteiger partial charge in [0.1, 0.15) is 0 Å². The van der Waals surface area contributed by atoms with Crippen LogP contribution in [0.2, 0.25) is 0 Å². The Hall–Kier alpha value is -2.44. The first kappa shape index (κ1) is 10.1. The molecule has 0 bridgehead atoms. The lowest BCUT2D eigenvalue weighted by Gasteiger charge is -2.01. The van der Waals surface area contributed by atoms with Crippen molar-refractivity contribution in [2.75, 3.05) is 12.8 Å². The monoisotopic (exact) mass is 219 g/mol. The summed E-state index contributed by atoms with van der Waals surface area (Å²) in [5.74, 6) is -0.144. The summed E-state index contributed by atoms with van der Waals surface area (Å²) < 4.78 is 5.96. The average Bonchev–Trinajstić information content (AvgIpc) is 2.75. The maximum atomic E-state index is 11.2. The number of ether oxygens (including phenoxy) is 1. The molecular formula is C9H9N5O2. The Balaban J connectivity index is 2.39. The molecule has 0 unspecified atom stereocenters. The number of hydrogen-bond acceptors (Lipinski definition) is 6. The van der Waals surface area contributed by atoms with Gasteiger partial charge in [-0.3, -0.25) is 4.98 Å². The van der Waals surface area contributed by atoms with Crippen LogP contribution >= 0.6 is 0 Å². The average molecular weight is 219 g/mol. The fourth-order valence-electron chi connectivity index (χ4n) is 1.13. The van der Waals surface area contributed by atoms with Crippen molar-refractivity contribution in [3.8, 4) is 5.82 Å². The molecule has 0 radical (unpaired) electrons. The molecule has 2 aromatic heterocycles. The molecule has 2 N–H and O–H groups in total. The molecule has 0 aliphatic rings. The van der Waals surface area contributed by atoms with Crippen molar-refractivity contribution in [1.29, 1.82) is 0 Å². The zero-order valence-electron chi connectivity index (χ0n) is 8.49. The molecule has 2 aromatic rings. The van der Waals surface area contributed by atoms with Crippen LogP contribution in [0.1, 0.15) is 10.5 Å². The molecule has 82 valence electrons. The van der Waals surface area contributed by atoms with Crippen LogP contribution in [0.3, 0.4) is 0 Å². The summed E-state index contributed by atoms with van der Waals surface area (Å²) in [4.78, 5) is 19.1. The molecular weight excluding hydrogens is 210 g/mol. The number of nitrogen functional groups attached to an aromatic ring is 1. The number of methoxy groups -OCH3 is 1. The van der Waals surface area contributed by atoms with Crippen LogP contribution in [0.5, 0.6) is 0 Å². The van der Waals surface area contributed by atoms with Crippen LogP contribution in [0.25, 0.3) is 5.82 Å². The molecule has 0 aromatic carbocycles. The minimum absolute atomic E-state index is 0.120. The highest BCUT2D eigenvalue weighted by Crippen LogP contribution is 2.06. The van der Waals surface area contributed by atoms with E-state index < -0.39 is 5.97 Å². The van der Waals surface area contributed by atoms with Gasteiger partial charge in [0.05, 0.1) is 37.6 Å². The molecule has 0 atom stereocenters. The Bertz CT molecular complexity index is 522. The summed E-state index contributed by atoms with van der Waals surface area (Å²) >= 11 is 0. The van der Waals surface area contributed by atoms with Gasteiger partial charge < -0.3 is 10.5 Å². The zero-order valence-corrected chi connectivity index (χ0v) is 8.49. The van der Waals surface area contributed by atoms with Crippen molar-refractivity contribution < 1.29 is 9.53 Å². The first-order valence-electron chi connectivity index (χ1n) is 4.41. The number of nitrogens with zero attached hydrogens (tertiary/aromatic N) is 4. The van der Waals surface area contributed by atoms with Crippen LogP contribution in [0, 0.1) is 0 Å². The summed E-state index contributed by atoms with van der Waals surface area (Å²) in [6, 6.07) is 0. The number of nitrogens with two attached hydrogens (primary N) is 1. The number of carbonyl (C=O) groups is 1. The topological polar surface area (TPSA) is 95.9 Å². The first-order chi connectivity index (χ1) is 7.70. The van der Waals surface area contributed by atoms with E-state index in [9.17, 15) is 4.79 Å². The van der Waals surface area contributed by atoms with Crippen LogP contribution in [-0.4, -0.2) is 32.8 Å². The summed E-state index contributed by atoms with van der Waals surface area (Å²) in [5, 5.41) is 3.95. The molecule has 0 fully saturated rings. The Kier molecular flexibility index (Phi) is 2.50. The molecule has 0 aliphatic carbocycles. The van der Waals surface area contributed by atoms with E-state index in [4.69, 9.17) is 5.73 Å². The number of aromatic nitrogens is 4. The van der Waals surface area contributed by atoms with Gasteiger partial charge in [0.15, 0.2) is 11.5 Å². The second-order valence-electron chi connectivity index (χ2n) is 2.97. The quantitative estimate of drug-likeness (QED) is 0.716. The molecule has 2 heterocycles. The second-order valence-corrected chi connectivity index (χ2v) is 2.97. The predicted molar refractivity (Wildman–Crippen MR) is 54.9 cm³/mol. The van der Waals surface area contributed by atoms with Crippen molar-refractivity contribution >= 4 is 11.7 Å². The van der Waals surface area contributed by atoms with Crippen LogP contribution in [-0.2, 0) is 4.74 Å². The van der Waals surface area contributed by atoms with Gasteiger partial charge in [0, 0.05) is 0 Å². The van der Waals surface area contributed by atoms with Gasteiger partial charge in [-0.1, -0.05) is 0 Å². The van der Waals surface area contributed by atoms with E-state index in [2.05, 4.69) is 19.8 Å². The highest BCUT2D eigenvalue weighted by atomic mass is 16.5. The smallest absolute Gasteiger partial charge is 0.358 e. The lowest BCUT2D eigenvalue weighted by molar-refractivity contribution is 0.0593. The SMILES string of the molecule is COC(=O)c1cncc(-n2cc(N)cn2)n1. The van der Waals surface area contributed by atoms with E-state index in [0.717, 1.165) is 0 Å². The number of esters is 1. The molecule has 7 nitrogen and oxygen atoms in total. The van der Waals surface area contributed by atoms with Gasteiger partial charge in [-0.05, 0) is 0 Å². The third-order valence-electron chi connectivity index (χ3n) is 1.85. The van der Waals surface area contributed by atoms with E-state index >= 15 is 0 Å². The number of hydrogen-bond donors (Lipinski definition) is 1. The van der Waals surface area contributed by atoms with Gasteiger partial charge in [0.2, 0.25) is 0 Å². The summed E-state index contributed by atoms with van der Waals surface area (Å²) in [6.07, 6.45) is 5.85. The maximum Gasteiger partial charge on any atom is 0.358 e. The fraction of sp³-hybridized carbons (Fsp3) is 0.111. The van der Waals surface area contributed by atoms with Gasteiger partial charge in [0.25, 0.3) is 0 Å². The Morgan fingerprint density at radius 1 is 1.44 bits per heavy atom. The van der Waals surface area contributed by atoms with E-state index in [1.807, 2.05) is 0 Å². The minimum Gasteiger partial charge on any atom is -0.464 e. The molecule has 0 saturated carbocycles. The van der Waals surface area contributed by atoms with Gasteiger partial charge in [-0.25, -0.2) is 14.5 Å². The lowest BCUT2D eigenvalue weighted by Crippen LogP contribution is -2.08. The van der Waals surface area contributed by atoms with Gasteiger partial charge >= 0.3 is 5.97 Å². The van der Waals surface area contributed by atoms with Crippen molar-refractivity contribution in [3.63, 3.8) is 0 Å². The zero-order chi connectivity index (χ0) is 11.5. The molecule has 0 spiro atoms. The van der Waals surface area contributed by atoms with Crippen LogP contribution in [0.15, 0.2) is 24.8 Å². The molecule has 16 heavy (non-hydrogen) atoms. The van der Waals surface area contributed by atoms with Crippen molar-refractivity contribution in [1.82, 2.24) is 19.7 Å². The van der Waals surface area contributed by atoms with E-state index in [1.165, 1.54) is 30.4 Å². The minimum atomic E-state index is -0.547. The van der Waals surface area contributed by atoms with Crippen molar-refractivity contribution in [2.45, 2.75) is 0 Å². The van der Waals surface area contributed by atoms with E-state index in [1.54, 1.807) is 6.20 Å². The third kappa shape index (κ3) is 1.83. The first-order valence-corrected chi connectivity index (χ1v) is 4.41. The predicted octanol–water partition coefficient (Wildman–Crippen LogP) is 0.0311. The lowest BCUT2D eigenvalue weighted by atomic mass is 10.4. The Labute approximate surface area is 90.9 Å². The summed E-state index contributed by atoms with van der Waals surface area (Å²) in [6.45, 7) is 0. The summed E-state index contributed by atoms with van der Waals surface area (Å²) in [5.41, 5.74) is 6.14.